The first kappa shape index (κ1) is 16.8. The summed E-state index contributed by atoms with van der Waals surface area (Å²) in [5.74, 6) is 1.65. The van der Waals surface area contributed by atoms with Crippen LogP contribution in [0.5, 0.6) is 0 Å². The highest BCUT2D eigenvalue weighted by atomic mass is 35.5. The highest BCUT2D eigenvalue weighted by Crippen LogP contribution is 2.20. The highest BCUT2D eigenvalue weighted by molar-refractivity contribution is 6.30. The summed E-state index contributed by atoms with van der Waals surface area (Å²) < 4.78 is 0. The van der Waals surface area contributed by atoms with Crippen molar-refractivity contribution in [1.29, 1.82) is 5.41 Å². The lowest BCUT2D eigenvalue weighted by atomic mass is 10.2. The molecule has 3 N–H and O–H groups in total. The van der Waals surface area contributed by atoms with Crippen LogP contribution in [0.15, 0.2) is 30.6 Å². The second-order valence-corrected chi connectivity index (χ2v) is 6.41. The highest BCUT2D eigenvalue weighted by Gasteiger charge is 2.21. The third-order valence-corrected chi connectivity index (χ3v) is 4.50. The number of benzene rings is 1. The van der Waals surface area contributed by atoms with E-state index in [1.165, 1.54) is 6.21 Å². The number of hydrogen-bond donors (Lipinski definition) is 2. The maximum absolute atomic E-state index is 7.82. The Kier molecular flexibility index (Phi) is 5.40. The topological polar surface area (TPSA) is 72.7 Å². The normalized spacial score (nSPS) is 15.5. The summed E-state index contributed by atoms with van der Waals surface area (Å²) in [6.07, 6.45) is 2.95. The van der Waals surface area contributed by atoms with E-state index in [1.807, 2.05) is 29.6 Å². The average Bonchev–Trinajstić information content (AvgIpc) is 2.60. The van der Waals surface area contributed by atoms with E-state index >= 15 is 0 Å². The Labute approximate surface area is 147 Å². The number of hydrogen-bond acceptors (Lipinski definition) is 5. The van der Waals surface area contributed by atoms with E-state index in [4.69, 9.17) is 17.0 Å². The fourth-order valence-electron chi connectivity index (χ4n) is 2.85. The van der Waals surface area contributed by atoms with Crippen LogP contribution in [-0.2, 0) is 6.54 Å². The van der Waals surface area contributed by atoms with Crippen molar-refractivity contribution in [3.8, 4) is 0 Å². The molecule has 0 bridgehead atoms. The molecule has 3 rings (SSSR count). The van der Waals surface area contributed by atoms with E-state index < -0.39 is 0 Å². The maximum atomic E-state index is 7.82. The van der Waals surface area contributed by atoms with Crippen molar-refractivity contribution in [2.24, 2.45) is 0 Å². The number of aromatic nitrogens is 2. The van der Waals surface area contributed by atoms with Gasteiger partial charge in [-0.1, -0.05) is 23.7 Å². The molecule has 1 aromatic heterocycles. The zero-order valence-electron chi connectivity index (χ0n) is 13.7. The molecule has 2 heterocycles. The first-order valence-electron chi connectivity index (χ1n) is 8.04. The van der Waals surface area contributed by atoms with Crippen LogP contribution in [-0.4, -0.2) is 54.3 Å². The van der Waals surface area contributed by atoms with Crippen LogP contribution in [0, 0.1) is 5.41 Å². The zero-order valence-corrected chi connectivity index (χ0v) is 14.5. The quantitative estimate of drug-likeness (QED) is 0.801. The van der Waals surface area contributed by atoms with Crippen molar-refractivity contribution in [3.05, 3.63) is 46.7 Å². The Morgan fingerprint density at radius 2 is 2.04 bits per heavy atom. The lowest BCUT2D eigenvalue weighted by Crippen LogP contribution is -2.77. The monoisotopic (exact) mass is 345 g/mol. The van der Waals surface area contributed by atoms with Gasteiger partial charge in [0.05, 0.1) is 0 Å². The Balaban J connectivity index is 1.78. The van der Waals surface area contributed by atoms with Crippen molar-refractivity contribution in [1.82, 2.24) is 14.9 Å². The summed E-state index contributed by atoms with van der Waals surface area (Å²) in [4.78, 5) is 13.3. The lowest BCUT2D eigenvalue weighted by molar-refractivity contribution is -0.592. The molecular formula is C17H22ClN6+. The Hall–Kier alpha value is -2.02. The van der Waals surface area contributed by atoms with E-state index in [0.29, 0.717) is 0 Å². The van der Waals surface area contributed by atoms with E-state index in [0.717, 1.165) is 60.5 Å². The van der Waals surface area contributed by atoms with Gasteiger partial charge < -0.3 is 15.2 Å². The van der Waals surface area contributed by atoms with Gasteiger partial charge in [-0.05, 0) is 19.2 Å². The average molecular weight is 346 g/mol. The first-order valence-corrected chi connectivity index (χ1v) is 8.42. The van der Waals surface area contributed by atoms with Gasteiger partial charge in [0, 0.05) is 43.0 Å². The Morgan fingerprint density at radius 1 is 1.25 bits per heavy atom. The molecule has 1 fully saturated rings. The van der Waals surface area contributed by atoms with E-state index in [2.05, 4.69) is 26.8 Å². The summed E-state index contributed by atoms with van der Waals surface area (Å²) in [6, 6.07) is 7.79. The minimum absolute atomic E-state index is 0.723. The number of halogens is 1. The number of nitrogens with one attached hydrogen (secondary N) is 1. The molecule has 0 aliphatic carbocycles. The van der Waals surface area contributed by atoms with Crippen LogP contribution in [0.2, 0.25) is 5.02 Å². The summed E-state index contributed by atoms with van der Waals surface area (Å²) in [5.41, 5.74) is 1.90. The SMILES string of the molecule is CN1CCN(c2ncnc([NH2+]Cc3cccc(Cl)c3)c2C=N)CC1. The summed E-state index contributed by atoms with van der Waals surface area (Å²) in [7, 11) is 2.12. The van der Waals surface area contributed by atoms with Gasteiger partial charge in [0.2, 0.25) is 5.82 Å². The van der Waals surface area contributed by atoms with Crippen LogP contribution < -0.4 is 10.2 Å². The second kappa shape index (κ2) is 7.70. The number of nitrogens with zero attached hydrogens (tertiary/aromatic N) is 4. The Morgan fingerprint density at radius 3 is 2.75 bits per heavy atom. The Bertz CT molecular complexity index is 712. The van der Waals surface area contributed by atoms with Crippen molar-refractivity contribution < 1.29 is 5.32 Å². The van der Waals surface area contributed by atoms with Gasteiger partial charge >= 0.3 is 0 Å². The number of piperazine rings is 1. The number of quaternary nitrogens is 1. The standard InChI is InChI=1S/C17H21ClN6/c1-23-5-7-24(8-6-23)17-15(10-19)16(21-12-22-17)20-11-13-3-2-4-14(18)9-13/h2-4,9-10,12,19H,5-8,11H2,1H3,(H,20,21,22)/p+1. The van der Waals surface area contributed by atoms with Gasteiger partial charge in [-0.2, -0.15) is 4.98 Å². The predicted octanol–water partition coefficient (Wildman–Crippen LogP) is 1.27. The summed E-state index contributed by atoms with van der Waals surface area (Å²) in [5, 5.41) is 10.6. The van der Waals surface area contributed by atoms with Crippen molar-refractivity contribution in [2.45, 2.75) is 6.54 Å². The van der Waals surface area contributed by atoms with E-state index in [1.54, 1.807) is 6.33 Å². The first-order chi connectivity index (χ1) is 11.7. The number of rotatable bonds is 5. The molecule has 2 aromatic rings. The molecule has 0 amide bonds. The van der Waals surface area contributed by atoms with Crippen LogP contribution >= 0.6 is 11.6 Å². The molecular weight excluding hydrogens is 324 g/mol. The van der Waals surface area contributed by atoms with Gasteiger partial charge in [-0.15, -0.1) is 0 Å². The molecule has 7 heteroatoms. The molecule has 1 aliphatic rings. The molecule has 1 saturated heterocycles. The van der Waals surface area contributed by atoms with E-state index in [9.17, 15) is 0 Å². The molecule has 0 spiro atoms. The molecule has 1 aliphatic heterocycles. The van der Waals surface area contributed by atoms with Crippen LogP contribution in [0.3, 0.4) is 0 Å². The minimum Gasteiger partial charge on any atom is -0.353 e. The number of likely N-dealkylation sites (N-methyl/N-ethyl adjacent to an activating group) is 1. The van der Waals surface area contributed by atoms with E-state index in [-0.39, 0.29) is 0 Å². The summed E-state index contributed by atoms with van der Waals surface area (Å²) in [6.45, 7) is 4.57. The molecule has 1 aromatic carbocycles. The third kappa shape index (κ3) is 3.90. The molecule has 24 heavy (non-hydrogen) atoms. The maximum Gasteiger partial charge on any atom is 0.238 e. The molecule has 0 unspecified atom stereocenters. The minimum atomic E-state index is 0.723. The molecule has 126 valence electrons. The fraction of sp³-hybridized carbons (Fsp3) is 0.353. The second-order valence-electron chi connectivity index (χ2n) is 5.97. The molecule has 0 radical (unpaired) electrons. The van der Waals surface area contributed by atoms with Crippen LogP contribution in [0.25, 0.3) is 0 Å². The van der Waals surface area contributed by atoms with Gasteiger partial charge in [0.1, 0.15) is 24.3 Å². The third-order valence-electron chi connectivity index (χ3n) is 4.26. The van der Waals surface area contributed by atoms with Crippen molar-refractivity contribution in [3.63, 3.8) is 0 Å². The zero-order chi connectivity index (χ0) is 16.9. The summed E-state index contributed by atoms with van der Waals surface area (Å²) >= 11 is 6.04. The number of anilines is 1. The largest absolute Gasteiger partial charge is 0.353 e. The van der Waals surface area contributed by atoms with Gasteiger partial charge in [0.25, 0.3) is 0 Å². The van der Waals surface area contributed by atoms with Crippen LogP contribution in [0.1, 0.15) is 11.1 Å². The molecule has 0 saturated carbocycles. The molecule has 6 nitrogen and oxygen atoms in total. The smallest absolute Gasteiger partial charge is 0.238 e. The number of nitrogens with two attached hydrogens (primary N) is 1. The fourth-order valence-corrected chi connectivity index (χ4v) is 3.06. The molecule has 0 atom stereocenters. The van der Waals surface area contributed by atoms with Crippen LogP contribution in [0.4, 0.5) is 11.6 Å². The van der Waals surface area contributed by atoms with Gasteiger partial charge in [-0.3, -0.25) is 5.32 Å². The van der Waals surface area contributed by atoms with Crippen molar-refractivity contribution in [2.75, 3.05) is 38.1 Å². The van der Waals surface area contributed by atoms with Gasteiger partial charge in [-0.25, -0.2) is 4.98 Å². The lowest BCUT2D eigenvalue weighted by Gasteiger charge is -2.33. The van der Waals surface area contributed by atoms with Gasteiger partial charge in [0.15, 0.2) is 0 Å². The predicted molar refractivity (Wildman–Crippen MR) is 96.4 cm³/mol. The van der Waals surface area contributed by atoms with Crippen molar-refractivity contribution >= 4 is 29.5 Å².